The van der Waals surface area contributed by atoms with Gasteiger partial charge in [-0.3, -0.25) is 9.69 Å². The van der Waals surface area contributed by atoms with E-state index in [0.29, 0.717) is 10.5 Å². The topological polar surface area (TPSA) is 94.9 Å². The van der Waals surface area contributed by atoms with E-state index >= 15 is 0 Å². The van der Waals surface area contributed by atoms with Crippen LogP contribution in [0.3, 0.4) is 0 Å². The van der Waals surface area contributed by atoms with Gasteiger partial charge in [0.2, 0.25) is 0 Å². The monoisotopic (exact) mass is 337 g/mol. The number of thioether (sulfide) groups is 1. The van der Waals surface area contributed by atoms with Crippen molar-refractivity contribution in [2.45, 2.75) is 13.0 Å². The number of aliphatic carboxylic acids is 1. The minimum absolute atomic E-state index is 0.143. The standard InChI is InChI=1S/C14H11NO5S2/c1-7(12(17)18)15-11(16)10(22-14(15)21)6-8-2-4-9(5-3-8)13(19)20/h2-7H,1H3,(H,17,18)(H,19,20)/b10-6+. The van der Waals surface area contributed by atoms with Crippen LogP contribution in [0.15, 0.2) is 29.2 Å². The molecule has 0 aliphatic carbocycles. The third kappa shape index (κ3) is 3.18. The summed E-state index contributed by atoms with van der Waals surface area (Å²) in [7, 11) is 0. The summed E-state index contributed by atoms with van der Waals surface area (Å²) in [4.78, 5) is 35.4. The molecule has 1 aromatic carbocycles. The maximum atomic E-state index is 12.2. The van der Waals surface area contributed by atoms with Crippen LogP contribution >= 0.6 is 24.0 Å². The van der Waals surface area contributed by atoms with Gasteiger partial charge in [0.05, 0.1) is 10.5 Å². The van der Waals surface area contributed by atoms with Crippen LogP contribution in [0.4, 0.5) is 0 Å². The van der Waals surface area contributed by atoms with E-state index < -0.39 is 23.9 Å². The molecule has 8 heteroatoms. The third-order valence-electron chi connectivity index (χ3n) is 3.02. The van der Waals surface area contributed by atoms with Gasteiger partial charge >= 0.3 is 11.9 Å². The number of carboxylic acid groups (broad SMARTS) is 2. The Morgan fingerprint density at radius 2 is 1.86 bits per heavy atom. The molecule has 6 nitrogen and oxygen atoms in total. The van der Waals surface area contributed by atoms with Crippen molar-refractivity contribution in [1.82, 2.24) is 4.90 Å². The van der Waals surface area contributed by atoms with Gasteiger partial charge in [0.15, 0.2) is 0 Å². The van der Waals surface area contributed by atoms with Gasteiger partial charge in [-0.1, -0.05) is 36.1 Å². The molecule has 1 saturated heterocycles. The van der Waals surface area contributed by atoms with Crippen molar-refractivity contribution >= 4 is 52.2 Å². The fourth-order valence-corrected chi connectivity index (χ4v) is 3.22. The van der Waals surface area contributed by atoms with Gasteiger partial charge in [0, 0.05) is 0 Å². The Kier molecular flexibility index (Phi) is 4.62. The minimum atomic E-state index is -1.14. The summed E-state index contributed by atoms with van der Waals surface area (Å²) < 4.78 is 0.188. The largest absolute Gasteiger partial charge is 0.480 e. The number of thiocarbonyl (C=S) groups is 1. The summed E-state index contributed by atoms with van der Waals surface area (Å²) in [5.41, 5.74) is 0.776. The zero-order valence-corrected chi connectivity index (χ0v) is 13.0. The Bertz CT molecular complexity index is 696. The zero-order valence-electron chi connectivity index (χ0n) is 11.3. The zero-order chi connectivity index (χ0) is 16.4. The highest BCUT2D eigenvalue weighted by atomic mass is 32.2. The quantitative estimate of drug-likeness (QED) is 0.641. The van der Waals surface area contributed by atoms with Crippen molar-refractivity contribution in [3.8, 4) is 0 Å². The van der Waals surface area contributed by atoms with E-state index in [1.807, 2.05) is 0 Å². The molecule has 0 saturated carbocycles. The average Bonchev–Trinajstić information content (AvgIpc) is 2.73. The summed E-state index contributed by atoms with van der Waals surface area (Å²) in [5, 5.41) is 17.8. The van der Waals surface area contributed by atoms with E-state index in [-0.39, 0.29) is 9.88 Å². The van der Waals surface area contributed by atoms with E-state index in [0.717, 1.165) is 16.7 Å². The van der Waals surface area contributed by atoms with Crippen LogP contribution in [0.25, 0.3) is 6.08 Å². The first-order valence-electron chi connectivity index (χ1n) is 6.14. The van der Waals surface area contributed by atoms with Crippen molar-refractivity contribution in [2.24, 2.45) is 0 Å². The Morgan fingerprint density at radius 1 is 1.27 bits per heavy atom. The molecule has 2 N–H and O–H groups in total. The van der Waals surface area contributed by atoms with Crippen molar-refractivity contribution in [2.75, 3.05) is 0 Å². The van der Waals surface area contributed by atoms with E-state index in [2.05, 4.69) is 0 Å². The highest BCUT2D eigenvalue weighted by molar-refractivity contribution is 8.26. The van der Waals surface area contributed by atoms with Gasteiger partial charge in [-0.2, -0.15) is 0 Å². The number of carboxylic acids is 2. The number of carbonyl (C=O) groups excluding carboxylic acids is 1. The van der Waals surface area contributed by atoms with Crippen LogP contribution in [0, 0.1) is 0 Å². The Labute approximate surface area is 135 Å². The van der Waals surface area contributed by atoms with Crippen molar-refractivity contribution in [1.29, 1.82) is 0 Å². The molecule has 114 valence electrons. The summed E-state index contributed by atoms with van der Waals surface area (Å²) in [6.45, 7) is 1.39. The molecule has 22 heavy (non-hydrogen) atoms. The number of hydrogen-bond acceptors (Lipinski definition) is 5. The smallest absolute Gasteiger partial charge is 0.335 e. The summed E-state index contributed by atoms with van der Waals surface area (Å²) in [6.07, 6.45) is 1.56. The van der Waals surface area contributed by atoms with Crippen LogP contribution < -0.4 is 0 Å². The molecular weight excluding hydrogens is 326 g/mol. The molecule has 0 spiro atoms. The lowest BCUT2D eigenvalue weighted by molar-refractivity contribution is -0.144. The summed E-state index contributed by atoms with van der Waals surface area (Å²) in [6, 6.07) is 4.95. The first-order chi connectivity index (χ1) is 10.3. The molecule has 0 radical (unpaired) electrons. The number of aromatic carboxylic acids is 1. The minimum Gasteiger partial charge on any atom is -0.480 e. The molecule has 1 atom stereocenters. The second kappa shape index (κ2) is 6.29. The Morgan fingerprint density at radius 3 is 2.36 bits per heavy atom. The van der Waals surface area contributed by atoms with E-state index in [9.17, 15) is 14.4 Å². The number of amides is 1. The number of nitrogens with zero attached hydrogens (tertiary/aromatic N) is 1. The SMILES string of the molecule is CC(C(=O)O)N1C(=O)/C(=C\c2ccc(C(=O)O)cc2)SC1=S. The van der Waals surface area contributed by atoms with Crippen LogP contribution in [0.1, 0.15) is 22.8 Å². The predicted molar refractivity (Wildman–Crippen MR) is 85.5 cm³/mol. The fraction of sp³-hybridized carbons (Fsp3) is 0.143. The second-order valence-electron chi connectivity index (χ2n) is 4.49. The first-order valence-corrected chi connectivity index (χ1v) is 7.37. The molecule has 0 bridgehead atoms. The maximum Gasteiger partial charge on any atom is 0.335 e. The Hall–Kier alpha value is -2.19. The molecule has 1 fully saturated rings. The normalized spacial score (nSPS) is 17.9. The molecule has 1 aliphatic rings. The number of carbonyl (C=O) groups is 3. The molecule has 1 aromatic rings. The van der Waals surface area contributed by atoms with Crippen LogP contribution in [0.5, 0.6) is 0 Å². The number of rotatable bonds is 4. The third-order valence-corrected chi connectivity index (χ3v) is 4.35. The molecule has 1 aliphatic heterocycles. The van der Waals surface area contributed by atoms with Gasteiger partial charge in [0.1, 0.15) is 10.4 Å². The highest BCUT2D eigenvalue weighted by Gasteiger charge is 2.38. The van der Waals surface area contributed by atoms with E-state index in [4.69, 9.17) is 22.4 Å². The fourth-order valence-electron chi connectivity index (χ4n) is 1.80. The average molecular weight is 337 g/mol. The maximum absolute atomic E-state index is 12.2. The Balaban J connectivity index is 2.26. The van der Waals surface area contributed by atoms with Gasteiger partial charge < -0.3 is 10.2 Å². The molecule has 1 unspecified atom stereocenters. The molecule has 1 amide bonds. The van der Waals surface area contributed by atoms with Crippen LogP contribution in [-0.4, -0.2) is 43.3 Å². The molecular formula is C14H11NO5S2. The van der Waals surface area contributed by atoms with Crippen LogP contribution in [0.2, 0.25) is 0 Å². The van der Waals surface area contributed by atoms with Gasteiger partial charge in [-0.05, 0) is 30.7 Å². The van der Waals surface area contributed by atoms with E-state index in [1.165, 1.54) is 19.1 Å². The second-order valence-corrected chi connectivity index (χ2v) is 6.17. The lowest BCUT2D eigenvalue weighted by Gasteiger charge is -2.18. The van der Waals surface area contributed by atoms with Gasteiger partial charge in [-0.25, -0.2) is 9.59 Å². The van der Waals surface area contributed by atoms with Crippen molar-refractivity contribution < 1.29 is 24.6 Å². The number of benzene rings is 1. The predicted octanol–water partition coefficient (Wildman–Crippen LogP) is 2.06. The van der Waals surface area contributed by atoms with Gasteiger partial charge in [-0.15, -0.1) is 0 Å². The lowest BCUT2D eigenvalue weighted by atomic mass is 10.1. The van der Waals surface area contributed by atoms with Crippen molar-refractivity contribution in [3.05, 3.63) is 40.3 Å². The molecule has 1 heterocycles. The molecule has 2 rings (SSSR count). The van der Waals surface area contributed by atoms with Crippen molar-refractivity contribution in [3.63, 3.8) is 0 Å². The van der Waals surface area contributed by atoms with E-state index in [1.54, 1.807) is 18.2 Å². The summed E-state index contributed by atoms with van der Waals surface area (Å²) in [5.74, 6) is -2.64. The van der Waals surface area contributed by atoms with Gasteiger partial charge in [0.25, 0.3) is 5.91 Å². The number of hydrogen-bond donors (Lipinski definition) is 2. The summed E-state index contributed by atoms with van der Waals surface area (Å²) >= 11 is 6.07. The van der Waals surface area contributed by atoms with Crippen LogP contribution in [-0.2, 0) is 9.59 Å². The lowest BCUT2D eigenvalue weighted by Crippen LogP contribution is -2.41. The highest BCUT2D eigenvalue weighted by Crippen LogP contribution is 2.33. The molecule has 0 aromatic heterocycles. The first kappa shape index (κ1) is 16.2.